The third kappa shape index (κ3) is 5.31. The van der Waals surface area contributed by atoms with Gasteiger partial charge in [0.25, 0.3) is 0 Å². The molecule has 0 bridgehead atoms. The molecule has 1 aromatic carbocycles. The van der Waals surface area contributed by atoms with Gasteiger partial charge in [0.15, 0.2) is 0 Å². The summed E-state index contributed by atoms with van der Waals surface area (Å²) in [5, 5.41) is 3.47. The quantitative estimate of drug-likeness (QED) is 0.568. The van der Waals surface area contributed by atoms with E-state index in [1.165, 1.54) is 10.5 Å². The Morgan fingerprint density at radius 2 is 2.22 bits per heavy atom. The Labute approximate surface area is 123 Å². The van der Waals surface area contributed by atoms with Crippen molar-refractivity contribution in [3.63, 3.8) is 0 Å². The van der Waals surface area contributed by atoms with E-state index in [2.05, 4.69) is 53.3 Å². The van der Waals surface area contributed by atoms with Crippen LogP contribution in [0.4, 0.5) is 0 Å². The number of halogens is 1. The second-order valence-electron chi connectivity index (χ2n) is 4.16. The van der Waals surface area contributed by atoms with Crippen molar-refractivity contribution in [3.05, 3.63) is 28.2 Å². The van der Waals surface area contributed by atoms with Gasteiger partial charge in [-0.1, -0.05) is 28.9 Å². The summed E-state index contributed by atoms with van der Waals surface area (Å²) in [6.07, 6.45) is 1.09. The van der Waals surface area contributed by atoms with E-state index in [-0.39, 0.29) is 0 Å². The highest BCUT2D eigenvalue weighted by atomic mass is 79.9. The van der Waals surface area contributed by atoms with Crippen molar-refractivity contribution in [1.82, 2.24) is 5.32 Å². The highest BCUT2D eigenvalue weighted by molar-refractivity contribution is 9.10. The molecule has 0 radical (unpaired) electrons. The predicted octanol–water partition coefficient (Wildman–Crippen LogP) is 4.25. The fraction of sp³-hybridized carbons (Fsp3) is 0.571. The van der Waals surface area contributed by atoms with Gasteiger partial charge in [0.2, 0.25) is 0 Å². The monoisotopic (exact) mass is 331 g/mol. The van der Waals surface area contributed by atoms with Crippen LogP contribution in [0.2, 0.25) is 0 Å². The number of rotatable bonds is 8. The number of nitrogens with one attached hydrogen (secondary N) is 1. The normalized spacial score (nSPS) is 12.7. The molecule has 0 amide bonds. The second-order valence-corrected chi connectivity index (χ2v) is 6.21. The van der Waals surface area contributed by atoms with Crippen molar-refractivity contribution in [3.8, 4) is 0 Å². The number of ether oxygens (including phenoxy) is 1. The number of methoxy groups -OCH3 is 1. The second kappa shape index (κ2) is 8.97. The molecule has 2 nitrogen and oxygen atoms in total. The van der Waals surface area contributed by atoms with Gasteiger partial charge in [0.1, 0.15) is 0 Å². The van der Waals surface area contributed by atoms with E-state index in [0.29, 0.717) is 6.04 Å². The third-order valence-electron chi connectivity index (χ3n) is 2.70. The Kier molecular flexibility index (Phi) is 7.98. The molecule has 0 aliphatic heterocycles. The summed E-state index contributed by atoms with van der Waals surface area (Å²) in [4.78, 5) is 1.36. The van der Waals surface area contributed by atoms with Crippen LogP contribution >= 0.6 is 27.7 Å². The first-order chi connectivity index (χ1) is 8.69. The van der Waals surface area contributed by atoms with E-state index < -0.39 is 0 Å². The zero-order valence-electron chi connectivity index (χ0n) is 11.3. The van der Waals surface area contributed by atoms with Crippen LogP contribution in [-0.4, -0.2) is 26.0 Å². The van der Waals surface area contributed by atoms with Gasteiger partial charge in [0.05, 0.1) is 0 Å². The van der Waals surface area contributed by atoms with Gasteiger partial charge < -0.3 is 10.1 Å². The highest BCUT2D eigenvalue weighted by Gasteiger charge is 2.10. The maximum Gasteiger partial charge on any atom is 0.0470 e. The summed E-state index contributed by atoms with van der Waals surface area (Å²) in [6.45, 7) is 6.18. The van der Waals surface area contributed by atoms with Crippen LogP contribution in [0, 0.1) is 0 Å². The molecule has 0 spiro atoms. The number of benzene rings is 1. The molecular weight excluding hydrogens is 310 g/mol. The zero-order chi connectivity index (χ0) is 13.4. The first kappa shape index (κ1) is 16.0. The minimum absolute atomic E-state index is 0.396. The van der Waals surface area contributed by atoms with Gasteiger partial charge in [-0.3, -0.25) is 0 Å². The van der Waals surface area contributed by atoms with Crippen molar-refractivity contribution in [2.75, 3.05) is 26.0 Å². The minimum atomic E-state index is 0.396. The van der Waals surface area contributed by atoms with Crippen molar-refractivity contribution >= 4 is 27.7 Å². The summed E-state index contributed by atoms with van der Waals surface area (Å²) in [7, 11) is 1.75. The van der Waals surface area contributed by atoms with Gasteiger partial charge in [-0.05, 0) is 37.6 Å². The molecule has 1 N–H and O–H groups in total. The molecule has 0 aliphatic rings. The van der Waals surface area contributed by atoms with E-state index in [1.54, 1.807) is 7.11 Å². The molecule has 4 heteroatoms. The molecule has 0 saturated carbocycles. The Bertz CT molecular complexity index is 360. The lowest BCUT2D eigenvalue weighted by molar-refractivity contribution is 0.200. The summed E-state index contributed by atoms with van der Waals surface area (Å²) < 4.78 is 6.23. The topological polar surface area (TPSA) is 21.3 Å². The van der Waals surface area contributed by atoms with Crippen molar-refractivity contribution in [2.24, 2.45) is 0 Å². The lowest BCUT2D eigenvalue weighted by atomic mass is 10.1. The molecule has 0 aliphatic carbocycles. The SMILES string of the molecule is CCNC(C)c1ccc(Br)cc1SCCCOC. The van der Waals surface area contributed by atoms with Gasteiger partial charge in [-0.2, -0.15) is 0 Å². The van der Waals surface area contributed by atoms with E-state index >= 15 is 0 Å². The van der Waals surface area contributed by atoms with Crippen LogP contribution in [0.5, 0.6) is 0 Å². The van der Waals surface area contributed by atoms with Crippen LogP contribution < -0.4 is 5.32 Å². The number of hydrogen-bond acceptors (Lipinski definition) is 3. The largest absolute Gasteiger partial charge is 0.385 e. The molecule has 18 heavy (non-hydrogen) atoms. The summed E-state index contributed by atoms with van der Waals surface area (Å²) in [5.41, 5.74) is 1.38. The maximum atomic E-state index is 5.08. The molecule has 0 heterocycles. The summed E-state index contributed by atoms with van der Waals surface area (Å²) >= 11 is 5.45. The molecule has 102 valence electrons. The molecule has 1 atom stereocenters. The van der Waals surface area contributed by atoms with Crippen LogP contribution in [0.1, 0.15) is 31.9 Å². The van der Waals surface area contributed by atoms with Crippen LogP contribution in [-0.2, 0) is 4.74 Å². The molecule has 0 aromatic heterocycles. The highest BCUT2D eigenvalue weighted by Crippen LogP contribution is 2.30. The molecular formula is C14H22BrNOS. The lowest BCUT2D eigenvalue weighted by Gasteiger charge is -2.17. The first-order valence-electron chi connectivity index (χ1n) is 6.33. The lowest BCUT2D eigenvalue weighted by Crippen LogP contribution is -2.18. The maximum absolute atomic E-state index is 5.08. The summed E-state index contributed by atoms with van der Waals surface area (Å²) in [6, 6.07) is 6.92. The Morgan fingerprint density at radius 1 is 1.44 bits per heavy atom. The van der Waals surface area contributed by atoms with E-state index in [1.807, 2.05) is 11.8 Å². The first-order valence-corrected chi connectivity index (χ1v) is 8.11. The third-order valence-corrected chi connectivity index (χ3v) is 4.35. The summed E-state index contributed by atoms with van der Waals surface area (Å²) in [5.74, 6) is 1.09. The van der Waals surface area contributed by atoms with E-state index in [0.717, 1.165) is 29.8 Å². The smallest absolute Gasteiger partial charge is 0.0470 e. The Balaban J connectivity index is 2.70. The van der Waals surface area contributed by atoms with Gasteiger partial charge in [-0.25, -0.2) is 0 Å². The fourth-order valence-electron chi connectivity index (χ4n) is 1.79. The molecule has 1 unspecified atom stereocenters. The Hall–Kier alpha value is -0.0300. The van der Waals surface area contributed by atoms with Gasteiger partial charge in [-0.15, -0.1) is 11.8 Å². The van der Waals surface area contributed by atoms with Crippen molar-refractivity contribution < 1.29 is 4.74 Å². The van der Waals surface area contributed by atoms with Crippen LogP contribution in [0.15, 0.2) is 27.6 Å². The zero-order valence-corrected chi connectivity index (χ0v) is 13.7. The predicted molar refractivity (Wildman–Crippen MR) is 83.5 cm³/mol. The molecule has 0 saturated heterocycles. The molecule has 0 fully saturated rings. The molecule has 1 rings (SSSR count). The van der Waals surface area contributed by atoms with Gasteiger partial charge in [0, 0.05) is 34.9 Å². The average Bonchev–Trinajstić information content (AvgIpc) is 2.35. The van der Waals surface area contributed by atoms with Crippen LogP contribution in [0.25, 0.3) is 0 Å². The number of thioether (sulfide) groups is 1. The standard InChI is InChI=1S/C14H22BrNOS/c1-4-16-11(2)13-7-6-12(15)10-14(13)18-9-5-8-17-3/h6-7,10-11,16H,4-5,8-9H2,1-3H3. The van der Waals surface area contributed by atoms with Crippen LogP contribution in [0.3, 0.4) is 0 Å². The van der Waals surface area contributed by atoms with Crippen molar-refractivity contribution in [1.29, 1.82) is 0 Å². The van der Waals surface area contributed by atoms with Gasteiger partial charge >= 0.3 is 0 Å². The molecule has 1 aromatic rings. The average molecular weight is 332 g/mol. The van der Waals surface area contributed by atoms with E-state index in [4.69, 9.17) is 4.74 Å². The minimum Gasteiger partial charge on any atom is -0.385 e. The number of hydrogen-bond donors (Lipinski definition) is 1. The fourth-order valence-corrected chi connectivity index (χ4v) is 3.41. The Morgan fingerprint density at radius 3 is 2.89 bits per heavy atom. The van der Waals surface area contributed by atoms with E-state index in [9.17, 15) is 0 Å². The van der Waals surface area contributed by atoms with Crippen molar-refractivity contribution in [2.45, 2.75) is 31.2 Å².